The van der Waals surface area contributed by atoms with E-state index >= 15 is 0 Å². The molecule has 8 heteroatoms. The van der Waals surface area contributed by atoms with Gasteiger partial charge in [-0.25, -0.2) is 9.78 Å². The number of hydrogen-bond donors (Lipinski definition) is 1. The number of thiazole rings is 1. The lowest BCUT2D eigenvalue weighted by atomic mass is 9.93. The van der Waals surface area contributed by atoms with Crippen LogP contribution in [0.25, 0.3) is 0 Å². The van der Waals surface area contributed by atoms with Crippen molar-refractivity contribution >= 4 is 57.4 Å². The molecule has 4 nitrogen and oxygen atoms in total. The summed E-state index contributed by atoms with van der Waals surface area (Å²) in [6.07, 6.45) is -0.698. The summed E-state index contributed by atoms with van der Waals surface area (Å²) in [5.74, 6) is 0. The number of rotatable bonds is 2. The van der Waals surface area contributed by atoms with E-state index in [9.17, 15) is 4.79 Å². The van der Waals surface area contributed by atoms with Crippen LogP contribution in [0.1, 0.15) is 26.5 Å². The van der Waals surface area contributed by atoms with Crippen LogP contribution < -0.4 is 5.32 Å². The number of amides is 1. The molecule has 0 aliphatic rings. The first-order valence-electron chi connectivity index (χ1n) is 5.04. The highest BCUT2D eigenvalue weighted by molar-refractivity contribution is 7.13. The first-order valence-corrected chi connectivity index (χ1v) is 7.06. The zero-order valence-corrected chi connectivity index (χ0v) is 13.2. The highest BCUT2D eigenvalue weighted by Crippen LogP contribution is 2.27. The molecular weight excluding hydrogens is 319 g/mol. The van der Waals surface area contributed by atoms with E-state index in [0.29, 0.717) is 5.13 Å². The molecule has 0 aliphatic carbocycles. The van der Waals surface area contributed by atoms with Crippen LogP contribution in [0.3, 0.4) is 0 Å². The first kappa shape index (κ1) is 15.8. The van der Waals surface area contributed by atoms with Crippen molar-refractivity contribution in [2.75, 3.05) is 11.9 Å². The minimum atomic E-state index is -1.61. The predicted molar refractivity (Wildman–Crippen MR) is 76.1 cm³/mol. The van der Waals surface area contributed by atoms with E-state index in [1.165, 1.54) is 11.3 Å². The quantitative estimate of drug-likeness (QED) is 0.819. The van der Waals surface area contributed by atoms with Crippen LogP contribution in [-0.4, -0.2) is 21.5 Å². The molecule has 0 atom stereocenters. The van der Waals surface area contributed by atoms with Crippen molar-refractivity contribution in [2.24, 2.45) is 0 Å². The van der Waals surface area contributed by atoms with Crippen LogP contribution in [0.2, 0.25) is 0 Å². The standard InChI is InChI=1S/C10H13Cl3N2O2S/c1-9(2,3)6-4-18-7(14-6)15-8(16)17-5-10(11,12)13/h4H,5H2,1-3H3,(H,14,15,16). The molecule has 0 unspecified atom stereocenters. The second-order valence-corrected chi connectivity index (χ2v) is 7.98. The number of alkyl halides is 3. The number of hydrogen-bond acceptors (Lipinski definition) is 4. The summed E-state index contributed by atoms with van der Waals surface area (Å²) in [4.78, 5) is 15.6. The zero-order valence-electron chi connectivity index (χ0n) is 10.1. The maximum atomic E-state index is 11.4. The van der Waals surface area contributed by atoms with Crippen molar-refractivity contribution in [3.05, 3.63) is 11.1 Å². The fourth-order valence-electron chi connectivity index (χ4n) is 0.946. The van der Waals surface area contributed by atoms with Gasteiger partial charge >= 0.3 is 6.09 Å². The molecule has 0 radical (unpaired) electrons. The molecule has 0 aromatic carbocycles. The Labute approximate surface area is 125 Å². The van der Waals surface area contributed by atoms with Gasteiger partial charge in [0.15, 0.2) is 5.13 Å². The third-order valence-electron chi connectivity index (χ3n) is 1.85. The summed E-state index contributed by atoms with van der Waals surface area (Å²) in [6.45, 7) is 5.79. The number of carbonyl (C=O) groups is 1. The summed E-state index contributed by atoms with van der Waals surface area (Å²) in [5, 5.41) is 4.81. The van der Waals surface area contributed by atoms with Crippen molar-refractivity contribution in [1.82, 2.24) is 4.98 Å². The van der Waals surface area contributed by atoms with Gasteiger partial charge in [-0.1, -0.05) is 55.6 Å². The highest BCUT2D eigenvalue weighted by atomic mass is 35.6. The van der Waals surface area contributed by atoms with E-state index in [4.69, 9.17) is 39.5 Å². The SMILES string of the molecule is CC(C)(C)c1csc(NC(=O)OCC(Cl)(Cl)Cl)n1. The molecule has 0 bridgehead atoms. The average molecular weight is 332 g/mol. The van der Waals surface area contributed by atoms with Gasteiger partial charge in [0, 0.05) is 10.8 Å². The smallest absolute Gasteiger partial charge is 0.413 e. The minimum absolute atomic E-state index is 0.0715. The number of carbonyl (C=O) groups excluding carboxylic acids is 1. The second kappa shape index (κ2) is 5.82. The topological polar surface area (TPSA) is 51.2 Å². The van der Waals surface area contributed by atoms with E-state index in [1.807, 2.05) is 26.2 Å². The molecule has 1 aromatic rings. The van der Waals surface area contributed by atoms with Crippen molar-refractivity contribution < 1.29 is 9.53 Å². The first-order chi connectivity index (χ1) is 8.08. The van der Waals surface area contributed by atoms with Gasteiger partial charge in [-0.05, 0) is 0 Å². The summed E-state index contributed by atoms with van der Waals surface area (Å²) < 4.78 is 3.11. The third-order valence-corrected chi connectivity index (χ3v) is 2.93. The van der Waals surface area contributed by atoms with Crippen LogP contribution in [0, 0.1) is 0 Å². The maximum absolute atomic E-state index is 11.4. The van der Waals surface area contributed by atoms with Crippen molar-refractivity contribution in [2.45, 2.75) is 30.0 Å². The maximum Gasteiger partial charge on any atom is 0.413 e. The fraction of sp³-hybridized carbons (Fsp3) is 0.600. The number of anilines is 1. The lowest BCUT2D eigenvalue weighted by Crippen LogP contribution is -2.21. The zero-order chi connectivity index (χ0) is 14.0. The van der Waals surface area contributed by atoms with Gasteiger partial charge in [0.1, 0.15) is 6.61 Å². The van der Waals surface area contributed by atoms with Crippen molar-refractivity contribution in [3.63, 3.8) is 0 Å². The predicted octanol–water partition coefficient (Wildman–Crippen LogP) is 4.36. The molecular formula is C10H13Cl3N2O2S. The molecule has 1 amide bonds. The third kappa shape index (κ3) is 5.61. The van der Waals surface area contributed by atoms with E-state index in [0.717, 1.165) is 5.69 Å². The Morgan fingerprint density at radius 2 is 2.06 bits per heavy atom. The Balaban J connectivity index is 2.53. The monoisotopic (exact) mass is 330 g/mol. The Morgan fingerprint density at radius 1 is 1.44 bits per heavy atom. The van der Waals surface area contributed by atoms with Gasteiger partial charge in [0.2, 0.25) is 3.79 Å². The van der Waals surface area contributed by atoms with Crippen LogP contribution in [-0.2, 0) is 10.2 Å². The molecule has 102 valence electrons. The molecule has 1 heterocycles. The number of nitrogens with zero attached hydrogens (tertiary/aromatic N) is 1. The number of halogens is 3. The Kier molecular flexibility index (Phi) is 5.12. The molecule has 0 saturated heterocycles. The van der Waals surface area contributed by atoms with Gasteiger partial charge in [0.25, 0.3) is 0 Å². The van der Waals surface area contributed by atoms with Gasteiger partial charge < -0.3 is 4.74 Å². The molecule has 0 aliphatic heterocycles. The summed E-state index contributed by atoms with van der Waals surface area (Å²) in [5.41, 5.74) is 0.821. The Morgan fingerprint density at radius 3 is 2.50 bits per heavy atom. The van der Waals surface area contributed by atoms with Crippen molar-refractivity contribution in [1.29, 1.82) is 0 Å². The second-order valence-electron chi connectivity index (χ2n) is 4.60. The Bertz CT molecular complexity index is 423. The molecule has 0 fully saturated rings. The molecule has 0 saturated carbocycles. The van der Waals surface area contributed by atoms with Gasteiger partial charge in [0.05, 0.1) is 5.69 Å². The van der Waals surface area contributed by atoms with Gasteiger partial charge in [-0.2, -0.15) is 0 Å². The van der Waals surface area contributed by atoms with Gasteiger partial charge in [-0.3, -0.25) is 5.32 Å². The van der Waals surface area contributed by atoms with Gasteiger partial charge in [-0.15, -0.1) is 11.3 Å². The van der Waals surface area contributed by atoms with E-state index < -0.39 is 9.89 Å². The van der Waals surface area contributed by atoms with Crippen LogP contribution in [0.5, 0.6) is 0 Å². The summed E-state index contributed by atoms with van der Waals surface area (Å²) in [7, 11) is 0. The Hall–Kier alpha value is -0.230. The fourth-order valence-corrected chi connectivity index (χ4v) is 2.03. The number of nitrogens with one attached hydrogen (secondary N) is 1. The highest BCUT2D eigenvalue weighted by Gasteiger charge is 2.23. The molecule has 1 rings (SSSR count). The summed E-state index contributed by atoms with van der Waals surface area (Å²) in [6, 6.07) is 0. The average Bonchev–Trinajstić information content (AvgIpc) is 2.61. The molecule has 18 heavy (non-hydrogen) atoms. The normalized spacial score (nSPS) is 12.3. The number of ether oxygens (including phenoxy) is 1. The largest absolute Gasteiger partial charge is 0.445 e. The van der Waals surface area contributed by atoms with Crippen LogP contribution in [0.4, 0.5) is 9.93 Å². The summed E-state index contributed by atoms with van der Waals surface area (Å²) >= 11 is 17.7. The van der Waals surface area contributed by atoms with Crippen LogP contribution in [0.15, 0.2) is 5.38 Å². The van der Waals surface area contributed by atoms with Crippen LogP contribution >= 0.6 is 46.1 Å². The lowest BCUT2D eigenvalue weighted by molar-refractivity contribution is 0.164. The van der Waals surface area contributed by atoms with E-state index in [2.05, 4.69) is 10.3 Å². The number of aromatic nitrogens is 1. The van der Waals surface area contributed by atoms with E-state index in [-0.39, 0.29) is 12.0 Å². The molecule has 0 spiro atoms. The minimum Gasteiger partial charge on any atom is -0.445 e. The lowest BCUT2D eigenvalue weighted by Gasteiger charge is -2.14. The van der Waals surface area contributed by atoms with E-state index in [1.54, 1.807) is 0 Å². The van der Waals surface area contributed by atoms with Crippen molar-refractivity contribution in [3.8, 4) is 0 Å². The molecule has 1 N–H and O–H groups in total. The molecule has 1 aromatic heterocycles.